The maximum Gasteiger partial charge on any atom is 0.254 e. The third-order valence-corrected chi connectivity index (χ3v) is 4.45. The molecule has 1 saturated carbocycles. The second-order valence-electron chi connectivity index (χ2n) is 6.16. The van der Waals surface area contributed by atoms with Crippen LogP contribution in [0.25, 0.3) is 0 Å². The molecule has 21 heavy (non-hydrogen) atoms. The van der Waals surface area contributed by atoms with Crippen LogP contribution in [0.5, 0.6) is 0 Å². The van der Waals surface area contributed by atoms with E-state index in [1.807, 2.05) is 36.1 Å². The predicted octanol–water partition coefficient (Wildman–Crippen LogP) is 2.13. The Bertz CT molecular complexity index is 543. The summed E-state index contributed by atoms with van der Waals surface area (Å²) in [6, 6.07) is 8.10. The molecule has 1 aromatic carbocycles. The molecular formula is C17H22N2O2. The molecule has 4 nitrogen and oxygen atoms in total. The normalized spacial score (nSPS) is 19.4. The van der Waals surface area contributed by atoms with E-state index in [0.29, 0.717) is 19.1 Å². The van der Waals surface area contributed by atoms with E-state index in [-0.39, 0.29) is 17.7 Å². The first kappa shape index (κ1) is 14.1. The Kier molecular flexibility index (Phi) is 3.95. The summed E-state index contributed by atoms with van der Waals surface area (Å²) < 4.78 is 0. The fourth-order valence-corrected chi connectivity index (χ4v) is 2.87. The summed E-state index contributed by atoms with van der Waals surface area (Å²) in [6.07, 6.45) is 3.79. The molecule has 0 aromatic heterocycles. The smallest absolute Gasteiger partial charge is 0.254 e. The molecule has 2 amide bonds. The first-order chi connectivity index (χ1) is 10.1. The van der Waals surface area contributed by atoms with Crippen LogP contribution in [0.4, 0.5) is 0 Å². The molecular weight excluding hydrogens is 264 g/mol. The molecule has 3 rings (SSSR count). The van der Waals surface area contributed by atoms with E-state index in [1.54, 1.807) is 0 Å². The van der Waals surface area contributed by atoms with Crippen molar-refractivity contribution in [3.05, 3.63) is 35.4 Å². The van der Waals surface area contributed by atoms with Gasteiger partial charge in [-0.25, -0.2) is 0 Å². The molecule has 1 aromatic rings. The molecule has 1 N–H and O–H groups in total. The van der Waals surface area contributed by atoms with Gasteiger partial charge in [0.2, 0.25) is 5.91 Å². The van der Waals surface area contributed by atoms with Crippen molar-refractivity contribution < 1.29 is 9.59 Å². The van der Waals surface area contributed by atoms with E-state index in [1.165, 1.54) is 0 Å². The Morgan fingerprint density at radius 1 is 1.10 bits per heavy atom. The van der Waals surface area contributed by atoms with E-state index in [4.69, 9.17) is 0 Å². The highest BCUT2D eigenvalue weighted by atomic mass is 16.2. The average molecular weight is 286 g/mol. The Labute approximate surface area is 125 Å². The van der Waals surface area contributed by atoms with Crippen LogP contribution in [0.3, 0.4) is 0 Å². The van der Waals surface area contributed by atoms with Crippen LogP contribution in [0.15, 0.2) is 24.3 Å². The molecule has 0 bridgehead atoms. The van der Waals surface area contributed by atoms with Gasteiger partial charge in [-0.15, -0.1) is 0 Å². The second-order valence-corrected chi connectivity index (χ2v) is 6.16. The molecule has 2 aliphatic rings. The Hall–Kier alpha value is -1.84. The van der Waals surface area contributed by atoms with Crippen molar-refractivity contribution in [1.82, 2.24) is 10.2 Å². The van der Waals surface area contributed by atoms with Crippen LogP contribution in [0.1, 0.15) is 41.6 Å². The Morgan fingerprint density at radius 3 is 2.38 bits per heavy atom. The van der Waals surface area contributed by atoms with Gasteiger partial charge in [-0.2, -0.15) is 0 Å². The van der Waals surface area contributed by atoms with Crippen LogP contribution in [-0.4, -0.2) is 35.8 Å². The minimum atomic E-state index is 0.0755. The van der Waals surface area contributed by atoms with Crippen LogP contribution in [0.2, 0.25) is 0 Å². The molecule has 4 heteroatoms. The number of piperidine rings is 1. The number of carbonyl (C=O) groups is 2. The minimum absolute atomic E-state index is 0.0755. The topological polar surface area (TPSA) is 49.4 Å². The summed E-state index contributed by atoms with van der Waals surface area (Å²) in [6.45, 7) is 3.31. The van der Waals surface area contributed by atoms with Crippen molar-refractivity contribution in [3.63, 3.8) is 0 Å². The van der Waals surface area contributed by atoms with Gasteiger partial charge in [0.1, 0.15) is 0 Å². The largest absolute Gasteiger partial charge is 0.353 e. The second kappa shape index (κ2) is 5.88. The summed E-state index contributed by atoms with van der Waals surface area (Å²) in [4.78, 5) is 26.4. The first-order valence-corrected chi connectivity index (χ1v) is 7.80. The van der Waals surface area contributed by atoms with Crippen molar-refractivity contribution >= 4 is 11.8 Å². The molecule has 1 saturated heterocycles. The van der Waals surface area contributed by atoms with Gasteiger partial charge in [0, 0.05) is 30.6 Å². The number of nitrogens with zero attached hydrogens (tertiary/aromatic N) is 1. The lowest BCUT2D eigenvalue weighted by molar-refractivity contribution is -0.126. The van der Waals surface area contributed by atoms with Gasteiger partial charge in [0.05, 0.1) is 0 Å². The Morgan fingerprint density at radius 2 is 1.76 bits per heavy atom. The van der Waals surface area contributed by atoms with E-state index < -0.39 is 0 Å². The lowest BCUT2D eigenvalue weighted by Crippen LogP contribution is -2.43. The summed E-state index contributed by atoms with van der Waals surface area (Å²) in [7, 11) is 0. The molecule has 112 valence electrons. The molecule has 2 fully saturated rings. The van der Waals surface area contributed by atoms with Crippen molar-refractivity contribution in [2.45, 2.75) is 38.6 Å². The van der Waals surface area contributed by atoms with Crippen LogP contribution in [-0.2, 0) is 4.79 Å². The fourth-order valence-electron chi connectivity index (χ4n) is 2.87. The van der Waals surface area contributed by atoms with Gasteiger partial charge < -0.3 is 10.2 Å². The molecule has 1 aliphatic heterocycles. The number of rotatable bonds is 3. The zero-order valence-electron chi connectivity index (χ0n) is 12.5. The third kappa shape index (κ3) is 3.26. The monoisotopic (exact) mass is 286 g/mol. The molecule has 1 heterocycles. The van der Waals surface area contributed by atoms with E-state index >= 15 is 0 Å². The summed E-state index contributed by atoms with van der Waals surface area (Å²) in [5, 5.41) is 3.07. The average Bonchev–Trinajstić information content (AvgIpc) is 3.31. The summed E-state index contributed by atoms with van der Waals surface area (Å²) in [5.41, 5.74) is 1.79. The van der Waals surface area contributed by atoms with Crippen LogP contribution in [0, 0.1) is 12.8 Å². The van der Waals surface area contributed by atoms with Crippen molar-refractivity contribution in [3.8, 4) is 0 Å². The van der Waals surface area contributed by atoms with Gasteiger partial charge in [0.25, 0.3) is 5.91 Å². The quantitative estimate of drug-likeness (QED) is 0.925. The van der Waals surface area contributed by atoms with E-state index in [0.717, 1.165) is 36.8 Å². The lowest BCUT2D eigenvalue weighted by atomic mass is 9.95. The van der Waals surface area contributed by atoms with E-state index in [9.17, 15) is 9.59 Å². The molecule has 0 radical (unpaired) electrons. The number of likely N-dealkylation sites (tertiary alicyclic amines) is 1. The highest BCUT2D eigenvalue weighted by molar-refractivity contribution is 5.95. The highest BCUT2D eigenvalue weighted by Gasteiger charge is 2.31. The van der Waals surface area contributed by atoms with Crippen LogP contribution < -0.4 is 5.32 Å². The van der Waals surface area contributed by atoms with Gasteiger partial charge in [-0.3, -0.25) is 9.59 Å². The van der Waals surface area contributed by atoms with Crippen molar-refractivity contribution in [1.29, 1.82) is 0 Å². The summed E-state index contributed by atoms with van der Waals surface area (Å²) in [5.74, 6) is 0.348. The number of benzene rings is 1. The predicted molar refractivity (Wildman–Crippen MR) is 81.0 cm³/mol. The number of hydrogen-bond acceptors (Lipinski definition) is 2. The number of amides is 2. The minimum Gasteiger partial charge on any atom is -0.353 e. The zero-order valence-corrected chi connectivity index (χ0v) is 12.5. The number of nitrogens with one attached hydrogen (secondary N) is 1. The van der Waals surface area contributed by atoms with Gasteiger partial charge in [-0.05, 0) is 44.2 Å². The number of hydrogen-bond donors (Lipinski definition) is 1. The maximum atomic E-state index is 12.5. The molecule has 0 unspecified atom stereocenters. The molecule has 0 atom stereocenters. The summed E-state index contributed by atoms with van der Waals surface area (Å²) >= 11 is 0. The highest BCUT2D eigenvalue weighted by Crippen LogP contribution is 2.23. The van der Waals surface area contributed by atoms with Gasteiger partial charge in [-0.1, -0.05) is 18.2 Å². The van der Waals surface area contributed by atoms with Crippen LogP contribution >= 0.6 is 0 Å². The lowest BCUT2D eigenvalue weighted by Gasteiger charge is -2.31. The standard InChI is InChI=1S/C17H22N2O2/c1-12-4-2-3-5-15(12)17(21)19-10-8-13(9-11-19)16(20)18-14-6-7-14/h2-5,13-14H,6-11H2,1H3,(H,18,20). The third-order valence-electron chi connectivity index (χ3n) is 4.45. The van der Waals surface area contributed by atoms with E-state index in [2.05, 4.69) is 5.32 Å². The Balaban J connectivity index is 1.56. The fraction of sp³-hybridized carbons (Fsp3) is 0.529. The van der Waals surface area contributed by atoms with Gasteiger partial charge >= 0.3 is 0 Å². The zero-order chi connectivity index (χ0) is 14.8. The number of carbonyl (C=O) groups excluding carboxylic acids is 2. The number of aryl methyl sites for hydroxylation is 1. The maximum absolute atomic E-state index is 12.5. The molecule has 0 spiro atoms. The first-order valence-electron chi connectivity index (χ1n) is 7.80. The van der Waals surface area contributed by atoms with Gasteiger partial charge in [0.15, 0.2) is 0 Å². The van der Waals surface area contributed by atoms with Crippen molar-refractivity contribution in [2.75, 3.05) is 13.1 Å². The van der Waals surface area contributed by atoms with Crippen molar-refractivity contribution in [2.24, 2.45) is 5.92 Å². The molecule has 1 aliphatic carbocycles. The SMILES string of the molecule is Cc1ccccc1C(=O)N1CCC(C(=O)NC2CC2)CC1.